The van der Waals surface area contributed by atoms with Gasteiger partial charge in [-0.15, -0.1) is 0 Å². The lowest BCUT2D eigenvalue weighted by atomic mass is 9.95. The minimum Gasteiger partial charge on any atom is -0.507 e. The molecule has 0 fully saturated rings. The van der Waals surface area contributed by atoms with Gasteiger partial charge in [-0.2, -0.15) is 0 Å². The summed E-state index contributed by atoms with van der Waals surface area (Å²) in [5.41, 5.74) is -0.847. The Kier molecular flexibility index (Phi) is 4.48. The normalized spacial score (nSPS) is 24.3. The van der Waals surface area contributed by atoms with Crippen molar-refractivity contribution in [1.29, 1.82) is 0 Å². The van der Waals surface area contributed by atoms with Crippen molar-refractivity contribution in [3.8, 4) is 0 Å². The Morgan fingerprint density at radius 2 is 2.11 bits per heavy atom. The van der Waals surface area contributed by atoms with E-state index in [1.165, 1.54) is 13.0 Å². The number of esters is 1. The molecule has 0 amide bonds. The van der Waals surface area contributed by atoms with Crippen LogP contribution in [0.15, 0.2) is 35.6 Å². The van der Waals surface area contributed by atoms with Crippen LogP contribution in [0.2, 0.25) is 0 Å². The number of ether oxygens (including phenoxy) is 1. The number of allylic oxidation sites excluding steroid dienone is 4. The van der Waals surface area contributed by atoms with Crippen LogP contribution >= 0.6 is 0 Å². The van der Waals surface area contributed by atoms with Gasteiger partial charge in [0.2, 0.25) is 0 Å². The van der Waals surface area contributed by atoms with Crippen LogP contribution in [0.5, 0.6) is 0 Å². The molecule has 1 unspecified atom stereocenters. The molecule has 0 spiro atoms. The van der Waals surface area contributed by atoms with Crippen molar-refractivity contribution in [3.05, 3.63) is 35.6 Å². The maximum atomic E-state index is 11.5. The molecule has 0 saturated carbocycles. The fourth-order valence-corrected chi connectivity index (χ4v) is 1.71. The molecule has 0 aromatic heterocycles. The number of aliphatic hydroxyl groups excluding tert-OH is 1. The number of rotatable bonds is 5. The van der Waals surface area contributed by atoms with Crippen molar-refractivity contribution in [3.63, 3.8) is 0 Å². The van der Waals surface area contributed by atoms with Gasteiger partial charge >= 0.3 is 5.97 Å². The summed E-state index contributed by atoms with van der Waals surface area (Å²) in [5.74, 6) is -0.660. The Morgan fingerprint density at radius 3 is 2.61 bits per heavy atom. The van der Waals surface area contributed by atoms with E-state index in [4.69, 9.17) is 4.74 Å². The minimum absolute atomic E-state index is 0.0669. The van der Waals surface area contributed by atoms with E-state index in [0.29, 0.717) is 0 Å². The molecule has 98 valence electrons. The number of ketones is 1. The molecule has 0 saturated heterocycles. The number of cyclic esters (lactones) is 1. The van der Waals surface area contributed by atoms with Crippen LogP contribution in [-0.2, 0) is 14.3 Å². The first kappa shape index (κ1) is 14.2. The van der Waals surface area contributed by atoms with Gasteiger partial charge in [0.05, 0.1) is 5.57 Å². The molecule has 0 aromatic rings. The third-order valence-corrected chi connectivity index (χ3v) is 2.91. The molecule has 1 heterocycles. The molecule has 1 rings (SSSR count). The lowest BCUT2D eigenvalue weighted by molar-refractivity contribution is -0.148. The summed E-state index contributed by atoms with van der Waals surface area (Å²) in [6, 6.07) is 0. The molecule has 4 nitrogen and oxygen atoms in total. The summed E-state index contributed by atoms with van der Waals surface area (Å²) >= 11 is 0. The molecular weight excluding hydrogens is 232 g/mol. The van der Waals surface area contributed by atoms with Crippen LogP contribution in [-0.4, -0.2) is 22.5 Å². The third kappa shape index (κ3) is 3.09. The molecule has 18 heavy (non-hydrogen) atoms. The second kappa shape index (κ2) is 5.67. The minimum atomic E-state index is -1.06. The van der Waals surface area contributed by atoms with Crippen molar-refractivity contribution in [2.75, 3.05) is 0 Å². The highest BCUT2D eigenvalue weighted by atomic mass is 16.6. The second-order valence-corrected chi connectivity index (χ2v) is 4.45. The number of carbonyl (C=O) groups excluding carboxylic acids is 2. The van der Waals surface area contributed by atoms with E-state index in [9.17, 15) is 14.7 Å². The van der Waals surface area contributed by atoms with Crippen LogP contribution in [0.25, 0.3) is 0 Å². The van der Waals surface area contributed by atoms with Gasteiger partial charge in [-0.05, 0) is 26.8 Å². The quantitative estimate of drug-likeness (QED) is 0.463. The Hall–Kier alpha value is -1.84. The van der Waals surface area contributed by atoms with Gasteiger partial charge in [0, 0.05) is 12.8 Å². The van der Waals surface area contributed by atoms with E-state index in [1.54, 1.807) is 19.1 Å². The number of carbonyl (C=O) groups is 2. The zero-order valence-electron chi connectivity index (χ0n) is 10.9. The van der Waals surface area contributed by atoms with Gasteiger partial charge in [0.15, 0.2) is 11.4 Å². The zero-order chi connectivity index (χ0) is 13.8. The Morgan fingerprint density at radius 1 is 1.44 bits per heavy atom. The summed E-state index contributed by atoms with van der Waals surface area (Å²) in [4.78, 5) is 22.8. The summed E-state index contributed by atoms with van der Waals surface area (Å²) in [5, 5.41) is 9.81. The van der Waals surface area contributed by atoms with Gasteiger partial charge in [-0.25, -0.2) is 4.79 Å². The van der Waals surface area contributed by atoms with Crippen molar-refractivity contribution in [2.45, 2.75) is 39.2 Å². The highest BCUT2D eigenvalue weighted by molar-refractivity contribution is 5.92. The Bertz CT molecular complexity index is 443. The highest BCUT2D eigenvalue weighted by Gasteiger charge is 2.42. The van der Waals surface area contributed by atoms with E-state index < -0.39 is 11.6 Å². The fourth-order valence-electron chi connectivity index (χ4n) is 1.71. The van der Waals surface area contributed by atoms with Crippen molar-refractivity contribution < 1.29 is 19.4 Å². The molecule has 0 bridgehead atoms. The first-order chi connectivity index (χ1) is 8.40. The van der Waals surface area contributed by atoms with Crippen molar-refractivity contribution in [1.82, 2.24) is 0 Å². The zero-order valence-corrected chi connectivity index (χ0v) is 10.9. The monoisotopic (exact) mass is 250 g/mol. The van der Waals surface area contributed by atoms with E-state index >= 15 is 0 Å². The maximum absolute atomic E-state index is 11.5. The average molecular weight is 250 g/mol. The second-order valence-electron chi connectivity index (χ2n) is 4.45. The van der Waals surface area contributed by atoms with Crippen LogP contribution in [0.4, 0.5) is 0 Å². The molecule has 1 N–H and O–H groups in total. The topological polar surface area (TPSA) is 63.6 Å². The van der Waals surface area contributed by atoms with Crippen molar-refractivity contribution in [2.24, 2.45) is 0 Å². The van der Waals surface area contributed by atoms with E-state index in [-0.39, 0.29) is 30.0 Å². The molecule has 4 heteroatoms. The number of hydrogen-bond donors (Lipinski definition) is 1. The van der Waals surface area contributed by atoms with E-state index in [0.717, 1.165) is 0 Å². The fraction of sp³-hybridized carbons (Fsp3) is 0.429. The van der Waals surface area contributed by atoms with Crippen LogP contribution in [0.3, 0.4) is 0 Å². The van der Waals surface area contributed by atoms with E-state index in [1.807, 2.05) is 13.0 Å². The maximum Gasteiger partial charge on any atom is 0.338 e. The molecular formula is C14H18O4. The summed E-state index contributed by atoms with van der Waals surface area (Å²) in [6.07, 6.45) is 7.20. The number of aliphatic hydroxyl groups is 1. The van der Waals surface area contributed by atoms with Crippen LogP contribution in [0, 0.1) is 0 Å². The smallest absolute Gasteiger partial charge is 0.338 e. The first-order valence-electron chi connectivity index (χ1n) is 5.86. The standard InChI is InChI=1S/C14H18O4/c1-4-5-6-7-11(15)8-9-14(3)12(16)10(2)13(17)18-14/h4-7,16H,8-9H2,1-3H3/b5-4+,7-6+. The summed E-state index contributed by atoms with van der Waals surface area (Å²) in [7, 11) is 0. The lowest BCUT2D eigenvalue weighted by Gasteiger charge is -2.22. The van der Waals surface area contributed by atoms with E-state index in [2.05, 4.69) is 0 Å². The Labute approximate surface area is 107 Å². The predicted octanol–water partition coefficient (Wildman–Crippen LogP) is 2.62. The van der Waals surface area contributed by atoms with Gasteiger partial charge in [0.25, 0.3) is 0 Å². The SMILES string of the molecule is C/C=C/C=C/C(=O)CCC1(C)OC(=O)C(C)=C1O. The molecule has 0 radical (unpaired) electrons. The Balaban J connectivity index is 2.59. The predicted molar refractivity (Wildman–Crippen MR) is 68.0 cm³/mol. The first-order valence-corrected chi connectivity index (χ1v) is 5.86. The average Bonchev–Trinajstić information content (AvgIpc) is 2.52. The molecule has 1 atom stereocenters. The van der Waals surface area contributed by atoms with Crippen LogP contribution in [0.1, 0.15) is 33.6 Å². The van der Waals surface area contributed by atoms with Gasteiger partial charge in [0.1, 0.15) is 5.76 Å². The molecule has 0 aliphatic carbocycles. The largest absolute Gasteiger partial charge is 0.507 e. The van der Waals surface area contributed by atoms with Gasteiger partial charge in [-0.3, -0.25) is 4.79 Å². The van der Waals surface area contributed by atoms with Gasteiger partial charge in [-0.1, -0.05) is 18.2 Å². The molecule has 1 aliphatic heterocycles. The molecule has 1 aliphatic rings. The third-order valence-electron chi connectivity index (χ3n) is 2.91. The summed E-state index contributed by atoms with van der Waals surface area (Å²) in [6.45, 7) is 4.98. The number of hydrogen-bond acceptors (Lipinski definition) is 4. The highest BCUT2D eigenvalue weighted by Crippen LogP contribution is 2.34. The summed E-state index contributed by atoms with van der Waals surface area (Å²) < 4.78 is 5.10. The van der Waals surface area contributed by atoms with Crippen LogP contribution < -0.4 is 0 Å². The molecule has 0 aromatic carbocycles. The van der Waals surface area contributed by atoms with Gasteiger partial charge < -0.3 is 9.84 Å². The van der Waals surface area contributed by atoms with Crippen molar-refractivity contribution >= 4 is 11.8 Å². The lowest BCUT2D eigenvalue weighted by Crippen LogP contribution is -2.28.